The van der Waals surface area contributed by atoms with Crippen LogP contribution in [-0.2, 0) is 9.53 Å². The van der Waals surface area contributed by atoms with E-state index in [9.17, 15) is 4.79 Å². The van der Waals surface area contributed by atoms with Crippen LogP contribution in [0.4, 0.5) is 5.69 Å². The number of anilines is 1. The molecular weight excluding hydrogens is 230 g/mol. The summed E-state index contributed by atoms with van der Waals surface area (Å²) in [5.74, 6) is 0.439. The first-order valence-corrected chi connectivity index (χ1v) is 5.33. The monoisotopic (exact) mass is 241 g/mol. The molecule has 1 N–H and O–H groups in total. The molecule has 86 valence electrons. The molecule has 0 fully saturated rings. The van der Waals surface area contributed by atoms with Gasteiger partial charge >= 0.3 is 5.97 Å². The largest absolute Gasteiger partial charge is 0.486 e. The molecule has 2 rings (SSSR count). The van der Waals surface area contributed by atoms with E-state index >= 15 is 0 Å². The van der Waals surface area contributed by atoms with Gasteiger partial charge in [0.15, 0.2) is 0 Å². The average Bonchev–Trinajstić information content (AvgIpc) is 2.29. The first-order chi connectivity index (χ1) is 7.69. The summed E-state index contributed by atoms with van der Waals surface area (Å²) in [4.78, 5) is 11.1. The van der Waals surface area contributed by atoms with E-state index < -0.39 is 0 Å². The molecule has 1 unspecified atom stereocenters. The smallest absolute Gasteiger partial charge is 0.309 e. The Kier molecular flexibility index (Phi) is 3.19. The van der Waals surface area contributed by atoms with Crippen LogP contribution in [0.15, 0.2) is 18.2 Å². The van der Waals surface area contributed by atoms with Gasteiger partial charge in [-0.1, -0.05) is 11.6 Å². The van der Waals surface area contributed by atoms with Crippen molar-refractivity contribution in [2.75, 3.05) is 19.0 Å². The van der Waals surface area contributed by atoms with E-state index in [-0.39, 0.29) is 18.5 Å². The summed E-state index contributed by atoms with van der Waals surface area (Å²) < 4.78 is 10.2. The molecule has 1 aliphatic rings. The molecule has 1 aromatic rings. The number of ether oxygens (including phenoxy) is 2. The second kappa shape index (κ2) is 4.61. The Morgan fingerprint density at radius 3 is 3.25 bits per heavy atom. The van der Waals surface area contributed by atoms with Gasteiger partial charge in [0, 0.05) is 5.02 Å². The second-order valence-electron chi connectivity index (χ2n) is 3.54. The van der Waals surface area contributed by atoms with Crippen molar-refractivity contribution >= 4 is 23.3 Å². The Hall–Kier alpha value is -1.42. The van der Waals surface area contributed by atoms with Crippen LogP contribution in [0.5, 0.6) is 5.75 Å². The fourth-order valence-corrected chi connectivity index (χ4v) is 1.74. The highest BCUT2D eigenvalue weighted by molar-refractivity contribution is 6.30. The normalized spacial score (nSPS) is 18.0. The summed E-state index contributed by atoms with van der Waals surface area (Å²) in [6, 6.07) is 5.34. The van der Waals surface area contributed by atoms with Crippen LogP contribution in [-0.4, -0.2) is 25.7 Å². The summed E-state index contributed by atoms with van der Waals surface area (Å²) in [6.07, 6.45) is 0.0482. The number of carbonyl (C=O) groups is 1. The van der Waals surface area contributed by atoms with Crippen molar-refractivity contribution < 1.29 is 14.3 Å². The van der Waals surface area contributed by atoms with Crippen LogP contribution in [0.1, 0.15) is 6.42 Å². The summed E-state index contributed by atoms with van der Waals surface area (Å²) >= 11 is 5.85. The fraction of sp³-hybridized carbons (Fsp3) is 0.364. The Labute approximate surface area is 98.5 Å². The Morgan fingerprint density at radius 2 is 2.50 bits per heavy atom. The van der Waals surface area contributed by atoms with Gasteiger partial charge in [0.2, 0.25) is 0 Å². The van der Waals surface area contributed by atoms with E-state index in [1.807, 2.05) is 0 Å². The molecule has 0 spiro atoms. The predicted molar refractivity (Wildman–Crippen MR) is 61.0 cm³/mol. The number of benzene rings is 1. The first kappa shape index (κ1) is 11.1. The lowest BCUT2D eigenvalue weighted by Gasteiger charge is -2.26. The van der Waals surface area contributed by atoms with Crippen molar-refractivity contribution in [2.24, 2.45) is 0 Å². The number of esters is 1. The highest BCUT2D eigenvalue weighted by Crippen LogP contribution is 2.32. The number of rotatable bonds is 2. The predicted octanol–water partition coefficient (Wildman–Crippen LogP) is 2.08. The summed E-state index contributed by atoms with van der Waals surface area (Å²) in [5, 5.41) is 3.82. The molecule has 0 aromatic heterocycles. The third-order valence-electron chi connectivity index (χ3n) is 2.38. The van der Waals surface area contributed by atoms with Gasteiger partial charge in [0.05, 0.1) is 25.8 Å². The van der Waals surface area contributed by atoms with Crippen LogP contribution >= 0.6 is 11.6 Å². The van der Waals surface area contributed by atoms with Gasteiger partial charge in [0.1, 0.15) is 11.9 Å². The van der Waals surface area contributed by atoms with Crippen molar-refractivity contribution in [3.8, 4) is 5.75 Å². The molecule has 0 amide bonds. The number of hydrogen-bond acceptors (Lipinski definition) is 4. The van der Waals surface area contributed by atoms with Crippen molar-refractivity contribution in [1.29, 1.82) is 0 Å². The topological polar surface area (TPSA) is 47.6 Å². The zero-order valence-electron chi connectivity index (χ0n) is 8.83. The van der Waals surface area contributed by atoms with E-state index in [1.165, 1.54) is 7.11 Å². The SMILES string of the molecule is COC(=O)CC1CNc2cc(Cl)ccc2O1. The molecule has 0 saturated heterocycles. The highest BCUT2D eigenvalue weighted by atomic mass is 35.5. The molecule has 0 radical (unpaired) electrons. The lowest BCUT2D eigenvalue weighted by atomic mass is 10.2. The molecule has 1 atom stereocenters. The number of halogens is 1. The summed E-state index contributed by atoms with van der Waals surface area (Å²) in [6.45, 7) is 0.572. The lowest BCUT2D eigenvalue weighted by Crippen LogP contribution is -2.33. The van der Waals surface area contributed by atoms with Crippen LogP contribution in [0.3, 0.4) is 0 Å². The second-order valence-corrected chi connectivity index (χ2v) is 3.98. The molecule has 1 heterocycles. The average molecular weight is 242 g/mol. The number of fused-ring (bicyclic) bond motifs is 1. The van der Waals surface area contributed by atoms with Gasteiger partial charge in [-0.05, 0) is 18.2 Å². The molecule has 16 heavy (non-hydrogen) atoms. The number of carbonyl (C=O) groups excluding carboxylic acids is 1. The molecule has 0 aliphatic carbocycles. The maximum atomic E-state index is 11.1. The minimum Gasteiger partial charge on any atom is -0.486 e. The molecule has 0 bridgehead atoms. The minimum absolute atomic E-state index is 0.193. The maximum Gasteiger partial charge on any atom is 0.309 e. The third-order valence-corrected chi connectivity index (χ3v) is 2.61. The number of hydrogen-bond donors (Lipinski definition) is 1. The van der Waals surface area contributed by atoms with Gasteiger partial charge in [-0.3, -0.25) is 4.79 Å². The zero-order valence-corrected chi connectivity index (χ0v) is 9.58. The van der Waals surface area contributed by atoms with Crippen molar-refractivity contribution in [1.82, 2.24) is 0 Å². The Bertz CT molecular complexity index is 408. The minimum atomic E-state index is -0.274. The van der Waals surface area contributed by atoms with Gasteiger partial charge in [-0.15, -0.1) is 0 Å². The molecule has 0 saturated carbocycles. The van der Waals surface area contributed by atoms with Crippen molar-refractivity contribution in [2.45, 2.75) is 12.5 Å². The van der Waals surface area contributed by atoms with E-state index in [0.29, 0.717) is 17.3 Å². The van der Waals surface area contributed by atoms with Crippen LogP contribution in [0.2, 0.25) is 5.02 Å². The van der Waals surface area contributed by atoms with Crippen LogP contribution in [0, 0.1) is 0 Å². The molecule has 4 nitrogen and oxygen atoms in total. The zero-order chi connectivity index (χ0) is 11.5. The van der Waals surface area contributed by atoms with Gasteiger partial charge in [-0.2, -0.15) is 0 Å². The highest BCUT2D eigenvalue weighted by Gasteiger charge is 2.22. The van der Waals surface area contributed by atoms with Crippen LogP contribution < -0.4 is 10.1 Å². The fourth-order valence-electron chi connectivity index (χ4n) is 1.57. The Balaban J connectivity index is 2.06. The van der Waals surface area contributed by atoms with E-state index in [0.717, 1.165) is 5.69 Å². The Morgan fingerprint density at radius 1 is 1.69 bits per heavy atom. The van der Waals surface area contributed by atoms with E-state index in [2.05, 4.69) is 10.1 Å². The third kappa shape index (κ3) is 2.39. The molecule has 1 aromatic carbocycles. The quantitative estimate of drug-likeness (QED) is 0.806. The van der Waals surface area contributed by atoms with Gasteiger partial charge in [-0.25, -0.2) is 0 Å². The van der Waals surface area contributed by atoms with Crippen molar-refractivity contribution in [3.63, 3.8) is 0 Å². The lowest BCUT2D eigenvalue weighted by molar-refractivity contribution is -0.142. The number of methoxy groups -OCH3 is 1. The van der Waals surface area contributed by atoms with E-state index in [4.69, 9.17) is 16.3 Å². The van der Waals surface area contributed by atoms with E-state index in [1.54, 1.807) is 18.2 Å². The molecule has 1 aliphatic heterocycles. The first-order valence-electron chi connectivity index (χ1n) is 4.96. The van der Waals surface area contributed by atoms with Gasteiger partial charge < -0.3 is 14.8 Å². The standard InChI is InChI=1S/C11H12ClNO3/c1-15-11(14)5-8-6-13-9-4-7(12)2-3-10(9)16-8/h2-4,8,13H,5-6H2,1H3. The van der Waals surface area contributed by atoms with Gasteiger partial charge in [0.25, 0.3) is 0 Å². The summed E-state index contributed by atoms with van der Waals surface area (Å²) in [7, 11) is 1.37. The maximum absolute atomic E-state index is 11.1. The molecule has 5 heteroatoms. The number of nitrogens with one attached hydrogen (secondary N) is 1. The summed E-state index contributed by atoms with van der Waals surface area (Å²) in [5.41, 5.74) is 0.855. The van der Waals surface area contributed by atoms with Crippen LogP contribution in [0.25, 0.3) is 0 Å². The molecular formula is C11H12ClNO3. The van der Waals surface area contributed by atoms with Crippen molar-refractivity contribution in [3.05, 3.63) is 23.2 Å².